The molecule has 0 aromatic heterocycles. The van der Waals surface area contributed by atoms with E-state index in [0.29, 0.717) is 17.6 Å². The van der Waals surface area contributed by atoms with Gasteiger partial charge < -0.3 is 15.6 Å². The molecule has 0 heterocycles. The molecule has 0 spiro atoms. The van der Waals surface area contributed by atoms with Gasteiger partial charge in [0.15, 0.2) is 0 Å². The number of aliphatic hydroxyl groups excluding tert-OH is 1. The van der Waals surface area contributed by atoms with Crippen LogP contribution >= 0.6 is 12.2 Å². The van der Waals surface area contributed by atoms with Gasteiger partial charge >= 0.3 is 0 Å². The number of thiocarbonyl (C=S) groups is 1. The zero-order chi connectivity index (χ0) is 15.2. The van der Waals surface area contributed by atoms with E-state index < -0.39 is 0 Å². The van der Waals surface area contributed by atoms with Crippen LogP contribution < -0.4 is 10.5 Å². The maximum atomic E-state index is 9.29. The maximum absolute atomic E-state index is 9.29. The lowest BCUT2D eigenvalue weighted by Gasteiger charge is -2.28. The fourth-order valence-corrected chi connectivity index (χ4v) is 3.23. The van der Waals surface area contributed by atoms with Crippen molar-refractivity contribution in [2.75, 3.05) is 20.3 Å². The Balaban J connectivity index is 2.14. The number of nitrogens with zero attached hydrogens (tertiary/aromatic N) is 1. The van der Waals surface area contributed by atoms with Gasteiger partial charge in [-0.3, -0.25) is 4.90 Å². The molecule has 4 nitrogen and oxygen atoms in total. The van der Waals surface area contributed by atoms with E-state index >= 15 is 0 Å². The van der Waals surface area contributed by atoms with Crippen molar-refractivity contribution in [3.63, 3.8) is 0 Å². The lowest BCUT2D eigenvalue weighted by atomic mass is 10.1. The summed E-state index contributed by atoms with van der Waals surface area (Å²) >= 11 is 5.03. The Morgan fingerprint density at radius 1 is 1.43 bits per heavy atom. The van der Waals surface area contributed by atoms with Gasteiger partial charge in [-0.2, -0.15) is 0 Å². The molecule has 3 N–H and O–H groups in total. The average Bonchev–Trinajstić information content (AvgIpc) is 3.00. The van der Waals surface area contributed by atoms with Crippen molar-refractivity contribution >= 4 is 17.2 Å². The lowest BCUT2D eigenvalue weighted by Crippen LogP contribution is -2.35. The number of nitrogens with two attached hydrogens (primary N) is 1. The van der Waals surface area contributed by atoms with Gasteiger partial charge in [-0.1, -0.05) is 31.1 Å². The van der Waals surface area contributed by atoms with Crippen LogP contribution in [0.2, 0.25) is 0 Å². The van der Waals surface area contributed by atoms with Crippen LogP contribution in [0.25, 0.3) is 0 Å². The third kappa shape index (κ3) is 4.15. The predicted molar refractivity (Wildman–Crippen MR) is 88.6 cm³/mol. The second-order valence-electron chi connectivity index (χ2n) is 5.53. The summed E-state index contributed by atoms with van der Waals surface area (Å²) in [5.41, 5.74) is 7.63. The predicted octanol–water partition coefficient (Wildman–Crippen LogP) is 2.07. The summed E-state index contributed by atoms with van der Waals surface area (Å²) in [6.45, 7) is 1.72. The summed E-state index contributed by atoms with van der Waals surface area (Å²) < 4.78 is 5.38. The Morgan fingerprint density at radius 2 is 2.14 bits per heavy atom. The number of rotatable bonds is 7. The van der Waals surface area contributed by atoms with Gasteiger partial charge in [0.25, 0.3) is 0 Å². The molecule has 0 amide bonds. The minimum absolute atomic E-state index is 0.193. The smallest absolute Gasteiger partial charge is 0.129 e. The molecule has 116 valence electrons. The molecule has 1 fully saturated rings. The van der Waals surface area contributed by atoms with Crippen LogP contribution in [-0.4, -0.2) is 41.3 Å². The fourth-order valence-electron chi connectivity index (χ4n) is 3.06. The molecule has 0 atom stereocenters. The van der Waals surface area contributed by atoms with E-state index in [-0.39, 0.29) is 6.61 Å². The van der Waals surface area contributed by atoms with Gasteiger partial charge in [-0.15, -0.1) is 0 Å². The summed E-state index contributed by atoms with van der Waals surface area (Å²) in [6.07, 6.45) is 5.02. The molecule has 21 heavy (non-hydrogen) atoms. The van der Waals surface area contributed by atoms with E-state index in [2.05, 4.69) is 4.90 Å². The maximum Gasteiger partial charge on any atom is 0.129 e. The summed E-state index contributed by atoms with van der Waals surface area (Å²) in [6, 6.07) is 6.53. The van der Waals surface area contributed by atoms with Crippen LogP contribution in [0.3, 0.4) is 0 Å². The molecule has 0 saturated heterocycles. The second-order valence-corrected chi connectivity index (χ2v) is 5.97. The third-order valence-electron chi connectivity index (χ3n) is 4.15. The van der Waals surface area contributed by atoms with Crippen molar-refractivity contribution in [2.45, 2.75) is 38.3 Å². The standard InChI is InChI=1S/C16H24N2O2S/c1-20-15-10-12(6-7-14(15)16(17)21)11-18(8-9-19)13-4-2-3-5-13/h6-7,10,13,19H,2-5,8-9,11H2,1H3,(H2,17,21). The van der Waals surface area contributed by atoms with Crippen LogP contribution in [0.15, 0.2) is 18.2 Å². The van der Waals surface area contributed by atoms with Crippen molar-refractivity contribution in [3.05, 3.63) is 29.3 Å². The number of methoxy groups -OCH3 is 1. The zero-order valence-electron chi connectivity index (χ0n) is 12.5. The molecule has 1 aromatic carbocycles. The summed E-state index contributed by atoms with van der Waals surface area (Å²) in [5.74, 6) is 0.718. The van der Waals surface area contributed by atoms with E-state index in [1.54, 1.807) is 7.11 Å². The van der Waals surface area contributed by atoms with Gasteiger partial charge in [0.05, 0.1) is 19.3 Å². The topological polar surface area (TPSA) is 58.7 Å². The largest absolute Gasteiger partial charge is 0.496 e. The minimum Gasteiger partial charge on any atom is -0.496 e. The molecule has 1 aliphatic rings. The molecular weight excluding hydrogens is 284 g/mol. The highest BCUT2D eigenvalue weighted by Crippen LogP contribution is 2.26. The van der Waals surface area contributed by atoms with Crippen LogP contribution in [0, 0.1) is 0 Å². The van der Waals surface area contributed by atoms with Crippen molar-refractivity contribution in [1.29, 1.82) is 0 Å². The van der Waals surface area contributed by atoms with E-state index in [0.717, 1.165) is 23.4 Å². The second kappa shape index (κ2) is 7.73. The highest BCUT2D eigenvalue weighted by molar-refractivity contribution is 7.80. The van der Waals surface area contributed by atoms with E-state index in [1.807, 2.05) is 18.2 Å². The number of benzene rings is 1. The van der Waals surface area contributed by atoms with Crippen LogP contribution in [0.4, 0.5) is 0 Å². The molecule has 0 bridgehead atoms. The van der Waals surface area contributed by atoms with Gasteiger partial charge in [-0.25, -0.2) is 0 Å². The van der Waals surface area contributed by atoms with Crippen LogP contribution in [-0.2, 0) is 6.54 Å². The van der Waals surface area contributed by atoms with Crippen LogP contribution in [0.5, 0.6) is 5.75 Å². The highest BCUT2D eigenvalue weighted by atomic mass is 32.1. The zero-order valence-corrected chi connectivity index (χ0v) is 13.4. The summed E-state index contributed by atoms with van der Waals surface area (Å²) in [7, 11) is 1.63. The third-order valence-corrected chi connectivity index (χ3v) is 4.37. The first kappa shape index (κ1) is 16.2. The molecule has 2 rings (SSSR count). The molecule has 1 saturated carbocycles. The quantitative estimate of drug-likeness (QED) is 0.755. The van der Waals surface area contributed by atoms with E-state index in [1.165, 1.54) is 25.7 Å². The van der Waals surface area contributed by atoms with E-state index in [9.17, 15) is 5.11 Å². The first-order valence-corrected chi connectivity index (χ1v) is 7.88. The molecule has 0 radical (unpaired) electrons. The molecule has 1 aliphatic carbocycles. The summed E-state index contributed by atoms with van der Waals surface area (Å²) in [5, 5.41) is 9.29. The van der Waals surface area contributed by atoms with Crippen molar-refractivity contribution in [2.24, 2.45) is 5.73 Å². The van der Waals surface area contributed by atoms with Crippen molar-refractivity contribution in [3.8, 4) is 5.75 Å². The Kier molecular flexibility index (Phi) is 5.96. The Labute approximate surface area is 131 Å². The molecule has 0 unspecified atom stereocenters. The SMILES string of the molecule is COc1cc(CN(CCO)C2CCCC2)ccc1C(N)=S. The molecular formula is C16H24N2O2S. The minimum atomic E-state index is 0.193. The lowest BCUT2D eigenvalue weighted by molar-refractivity contribution is 0.144. The number of aliphatic hydroxyl groups is 1. The molecule has 1 aromatic rings. The average molecular weight is 308 g/mol. The first-order chi connectivity index (χ1) is 10.2. The highest BCUT2D eigenvalue weighted by Gasteiger charge is 2.22. The summed E-state index contributed by atoms with van der Waals surface area (Å²) in [4.78, 5) is 2.71. The van der Waals surface area contributed by atoms with Crippen molar-refractivity contribution in [1.82, 2.24) is 4.90 Å². The van der Waals surface area contributed by atoms with Crippen LogP contribution in [0.1, 0.15) is 36.8 Å². The van der Waals surface area contributed by atoms with Gasteiger partial charge in [0.1, 0.15) is 10.7 Å². The Morgan fingerprint density at radius 3 is 2.71 bits per heavy atom. The Bertz CT molecular complexity index is 487. The number of ether oxygens (including phenoxy) is 1. The molecule has 0 aliphatic heterocycles. The monoisotopic (exact) mass is 308 g/mol. The number of hydrogen-bond acceptors (Lipinski definition) is 4. The van der Waals surface area contributed by atoms with Gasteiger partial charge in [0, 0.05) is 19.1 Å². The Hall–Kier alpha value is -1.17. The van der Waals surface area contributed by atoms with Gasteiger partial charge in [0.2, 0.25) is 0 Å². The molecule has 5 heteroatoms. The normalized spacial score (nSPS) is 15.6. The van der Waals surface area contributed by atoms with Gasteiger partial charge in [-0.05, 0) is 30.5 Å². The van der Waals surface area contributed by atoms with E-state index in [4.69, 9.17) is 22.7 Å². The van der Waals surface area contributed by atoms with Crippen molar-refractivity contribution < 1.29 is 9.84 Å². The first-order valence-electron chi connectivity index (χ1n) is 7.47. The fraction of sp³-hybridized carbons (Fsp3) is 0.562. The number of hydrogen-bond donors (Lipinski definition) is 2.